The van der Waals surface area contributed by atoms with Crippen molar-refractivity contribution in [1.29, 1.82) is 0 Å². The van der Waals surface area contributed by atoms with Gasteiger partial charge in [-0.15, -0.1) is 0 Å². The summed E-state index contributed by atoms with van der Waals surface area (Å²) >= 11 is 0. The van der Waals surface area contributed by atoms with Crippen LogP contribution >= 0.6 is 0 Å². The summed E-state index contributed by atoms with van der Waals surface area (Å²) in [5.41, 5.74) is 0.684. The topological polar surface area (TPSA) is 77.6 Å². The predicted molar refractivity (Wildman–Crippen MR) is 76.3 cm³/mol. The second kappa shape index (κ2) is 6.58. The average Bonchev–Trinajstić information content (AvgIpc) is 2.93. The summed E-state index contributed by atoms with van der Waals surface area (Å²) in [5, 5.41) is 13.6. The second-order valence-electron chi connectivity index (χ2n) is 5.07. The highest BCUT2D eigenvalue weighted by molar-refractivity contribution is 5.41. The van der Waals surface area contributed by atoms with Gasteiger partial charge in [-0.05, 0) is 19.1 Å². The Morgan fingerprint density at radius 2 is 2.05 bits per heavy atom. The number of aliphatic hydroxyl groups is 1. The second-order valence-corrected chi connectivity index (χ2v) is 5.07. The lowest BCUT2D eigenvalue weighted by atomic mass is 10.1. The van der Waals surface area contributed by atoms with Crippen LogP contribution in [0.5, 0.6) is 11.5 Å². The quantitative estimate of drug-likeness (QED) is 0.882. The zero-order valence-corrected chi connectivity index (χ0v) is 12.7. The molecule has 0 aliphatic heterocycles. The van der Waals surface area contributed by atoms with E-state index in [4.69, 9.17) is 14.0 Å². The van der Waals surface area contributed by atoms with Crippen molar-refractivity contribution < 1.29 is 19.1 Å². The molecule has 1 heterocycles. The van der Waals surface area contributed by atoms with Crippen molar-refractivity contribution in [3.8, 4) is 11.5 Å². The number of aromatic nitrogens is 2. The van der Waals surface area contributed by atoms with Gasteiger partial charge in [0.15, 0.2) is 6.61 Å². The van der Waals surface area contributed by atoms with Gasteiger partial charge < -0.3 is 19.1 Å². The van der Waals surface area contributed by atoms with E-state index >= 15 is 0 Å². The lowest BCUT2D eigenvalue weighted by molar-refractivity contribution is 0.189. The molecular formula is C15H20N2O4. The van der Waals surface area contributed by atoms with Gasteiger partial charge >= 0.3 is 0 Å². The Balaban J connectivity index is 2.14. The van der Waals surface area contributed by atoms with Crippen LogP contribution in [0.2, 0.25) is 0 Å². The molecule has 21 heavy (non-hydrogen) atoms. The van der Waals surface area contributed by atoms with Gasteiger partial charge in [-0.1, -0.05) is 19.0 Å². The molecule has 2 aromatic rings. The van der Waals surface area contributed by atoms with Gasteiger partial charge in [-0.3, -0.25) is 0 Å². The smallest absolute Gasteiger partial charge is 0.229 e. The molecule has 0 bridgehead atoms. The molecule has 0 saturated heterocycles. The maximum Gasteiger partial charge on any atom is 0.229 e. The Labute approximate surface area is 123 Å². The number of ether oxygens (including phenoxy) is 2. The summed E-state index contributed by atoms with van der Waals surface area (Å²) in [6, 6.07) is 5.28. The van der Waals surface area contributed by atoms with Crippen LogP contribution in [-0.2, 0) is 6.61 Å². The minimum Gasteiger partial charge on any atom is -0.497 e. The van der Waals surface area contributed by atoms with Crippen LogP contribution in [0.1, 0.15) is 50.1 Å². The minimum atomic E-state index is -0.637. The van der Waals surface area contributed by atoms with Gasteiger partial charge in [-0.2, -0.15) is 4.98 Å². The van der Waals surface area contributed by atoms with Crippen LogP contribution < -0.4 is 9.47 Å². The number of benzene rings is 1. The van der Waals surface area contributed by atoms with E-state index in [0.29, 0.717) is 28.8 Å². The number of hydrogen-bond acceptors (Lipinski definition) is 6. The molecular weight excluding hydrogens is 272 g/mol. The molecule has 1 unspecified atom stereocenters. The number of rotatable bonds is 6. The van der Waals surface area contributed by atoms with Crippen molar-refractivity contribution >= 4 is 0 Å². The molecule has 0 amide bonds. The van der Waals surface area contributed by atoms with Gasteiger partial charge in [0.05, 0.1) is 13.2 Å². The number of methoxy groups -OCH3 is 1. The Kier molecular flexibility index (Phi) is 4.80. The first-order valence-corrected chi connectivity index (χ1v) is 6.82. The third-order valence-electron chi connectivity index (χ3n) is 3.01. The lowest BCUT2D eigenvalue weighted by Crippen LogP contribution is -2.03. The van der Waals surface area contributed by atoms with E-state index in [2.05, 4.69) is 10.1 Å². The molecule has 0 aliphatic carbocycles. The van der Waals surface area contributed by atoms with Crippen molar-refractivity contribution in [2.75, 3.05) is 7.11 Å². The Hall–Kier alpha value is -2.08. The Morgan fingerprint density at radius 3 is 2.62 bits per heavy atom. The summed E-state index contributed by atoms with van der Waals surface area (Å²) in [6.07, 6.45) is -0.637. The molecule has 2 rings (SSSR count). The number of hydrogen-bond donors (Lipinski definition) is 1. The first kappa shape index (κ1) is 15.3. The maximum absolute atomic E-state index is 9.77. The number of aliphatic hydroxyl groups excluding tert-OH is 1. The fourth-order valence-electron chi connectivity index (χ4n) is 1.81. The molecule has 1 aromatic carbocycles. The highest BCUT2D eigenvalue weighted by Gasteiger charge is 2.14. The van der Waals surface area contributed by atoms with Gasteiger partial charge in [-0.25, -0.2) is 0 Å². The molecule has 0 radical (unpaired) electrons. The first-order valence-electron chi connectivity index (χ1n) is 6.82. The third kappa shape index (κ3) is 3.72. The molecule has 114 valence electrons. The largest absolute Gasteiger partial charge is 0.497 e. The summed E-state index contributed by atoms with van der Waals surface area (Å²) in [6.45, 7) is 5.81. The van der Waals surface area contributed by atoms with Crippen LogP contribution in [0.15, 0.2) is 22.7 Å². The van der Waals surface area contributed by atoms with Crippen molar-refractivity contribution in [2.24, 2.45) is 0 Å². The van der Waals surface area contributed by atoms with Crippen LogP contribution in [0.3, 0.4) is 0 Å². The molecule has 0 saturated carbocycles. The van der Waals surface area contributed by atoms with E-state index in [-0.39, 0.29) is 12.5 Å². The lowest BCUT2D eigenvalue weighted by Gasteiger charge is -2.13. The molecule has 1 atom stereocenters. The maximum atomic E-state index is 9.77. The monoisotopic (exact) mass is 292 g/mol. The highest BCUT2D eigenvalue weighted by Crippen LogP contribution is 2.30. The molecule has 1 N–H and O–H groups in total. The Morgan fingerprint density at radius 1 is 1.29 bits per heavy atom. The highest BCUT2D eigenvalue weighted by atomic mass is 16.5. The average molecular weight is 292 g/mol. The van der Waals surface area contributed by atoms with Gasteiger partial charge in [0.25, 0.3) is 0 Å². The molecule has 0 aliphatic rings. The fourth-order valence-corrected chi connectivity index (χ4v) is 1.81. The summed E-state index contributed by atoms with van der Waals surface area (Å²) < 4.78 is 16.0. The Bertz CT molecular complexity index is 593. The van der Waals surface area contributed by atoms with Crippen molar-refractivity contribution in [2.45, 2.75) is 39.4 Å². The van der Waals surface area contributed by atoms with E-state index in [1.54, 1.807) is 32.2 Å². The minimum absolute atomic E-state index is 0.170. The predicted octanol–water partition coefficient (Wildman–Crippen LogP) is 2.83. The molecule has 6 heteroatoms. The zero-order chi connectivity index (χ0) is 15.4. The normalized spacial score (nSPS) is 12.5. The van der Waals surface area contributed by atoms with Crippen LogP contribution in [-0.4, -0.2) is 22.4 Å². The summed E-state index contributed by atoms with van der Waals surface area (Å²) in [4.78, 5) is 4.25. The van der Waals surface area contributed by atoms with Gasteiger partial charge in [0.1, 0.15) is 11.5 Å². The first-order chi connectivity index (χ1) is 10.0. The fraction of sp³-hybridized carbons (Fsp3) is 0.467. The number of nitrogens with zero attached hydrogens (tertiary/aromatic N) is 2. The summed E-state index contributed by atoms with van der Waals surface area (Å²) in [5.74, 6) is 2.43. The summed E-state index contributed by atoms with van der Waals surface area (Å²) in [7, 11) is 1.58. The van der Waals surface area contributed by atoms with Gasteiger partial charge in [0.2, 0.25) is 11.7 Å². The SMILES string of the molecule is COc1ccc(C(C)O)c(OCc2noc(C(C)C)n2)c1. The van der Waals surface area contributed by atoms with E-state index in [1.807, 2.05) is 13.8 Å². The molecule has 0 fully saturated rings. The van der Waals surface area contributed by atoms with Crippen LogP contribution in [0, 0.1) is 0 Å². The van der Waals surface area contributed by atoms with Crippen molar-refractivity contribution in [3.05, 3.63) is 35.5 Å². The van der Waals surface area contributed by atoms with Gasteiger partial charge in [0, 0.05) is 17.5 Å². The van der Waals surface area contributed by atoms with Crippen molar-refractivity contribution in [3.63, 3.8) is 0 Å². The molecule has 0 spiro atoms. The molecule has 6 nitrogen and oxygen atoms in total. The third-order valence-corrected chi connectivity index (χ3v) is 3.01. The van der Waals surface area contributed by atoms with Crippen LogP contribution in [0.4, 0.5) is 0 Å². The van der Waals surface area contributed by atoms with E-state index in [0.717, 1.165) is 0 Å². The standard InChI is InChI=1S/C15H20N2O4/c1-9(2)15-16-14(17-21-15)8-20-13-7-11(19-4)5-6-12(13)10(3)18/h5-7,9-10,18H,8H2,1-4H3. The van der Waals surface area contributed by atoms with Crippen LogP contribution in [0.25, 0.3) is 0 Å². The van der Waals surface area contributed by atoms with E-state index in [9.17, 15) is 5.11 Å². The molecule has 1 aromatic heterocycles. The van der Waals surface area contributed by atoms with Crippen molar-refractivity contribution in [1.82, 2.24) is 10.1 Å². The zero-order valence-electron chi connectivity index (χ0n) is 12.7. The van der Waals surface area contributed by atoms with E-state index in [1.165, 1.54) is 0 Å². The van der Waals surface area contributed by atoms with E-state index < -0.39 is 6.10 Å².